The van der Waals surface area contributed by atoms with Crippen molar-refractivity contribution < 1.29 is 0 Å². The first-order valence-corrected chi connectivity index (χ1v) is 4.57. The molecule has 1 aliphatic carbocycles. The van der Waals surface area contributed by atoms with Gasteiger partial charge < -0.3 is 4.90 Å². The van der Waals surface area contributed by atoms with Crippen LogP contribution in [0.25, 0.3) is 0 Å². The van der Waals surface area contributed by atoms with Gasteiger partial charge in [-0.3, -0.25) is 0 Å². The maximum Gasteiger partial charge on any atom is 0.0330 e. The van der Waals surface area contributed by atoms with Crippen molar-refractivity contribution in [2.24, 2.45) is 0 Å². The van der Waals surface area contributed by atoms with E-state index in [1.54, 1.807) is 0 Å². The number of hydrogen-bond acceptors (Lipinski definition) is 1. The molecule has 2 aliphatic rings. The van der Waals surface area contributed by atoms with E-state index in [4.69, 9.17) is 0 Å². The summed E-state index contributed by atoms with van der Waals surface area (Å²) in [5, 5.41) is 0. The molecule has 1 saturated carbocycles. The molecule has 0 unspecified atom stereocenters. The molecule has 11 heavy (non-hydrogen) atoms. The van der Waals surface area contributed by atoms with E-state index in [0.29, 0.717) is 0 Å². The summed E-state index contributed by atoms with van der Waals surface area (Å²) in [5.41, 5.74) is 0. The number of hydrogen-bond donors (Lipinski definition) is 0. The van der Waals surface area contributed by atoms with Gasteiger partial charge in [0, 0.05) is 18.4 Å². The summed E-state index contributed by atoms with van der Waals surface area (Å²) in [5.74, 6) is 0. The molecule has 1 fully saturated rings. The summed E-state index contributed by atoms with van der Waals surface area (Å²) in [6, 6.07) is 0.808. The van der Waals surface area contributed by atoms with Crippen molar-refractivity contribution in [2.75, 3.05) is 0 Å². The second-order valence-corrected chi connectivity index (χ2v) is 3.39. The summed E-state index contributed by atoms with van der Waals surface area (Å²) in [4.78, 5) is 2.37. The summed E-state index contributed by atoms with van der Waals surface area (Å²) < 4.78 is 0. The van der Waals surface area contributed by atoms with Crippen LogP contribution in [-0.2, 0) is 0 Å². The fourth-order valence-electron chi connectivity index (χ4n) is 1.94. The van der Waals surface area contributed by atoms with Crippen LogP contribution < -0.4 is 0 Å². The Kier molecular flexibility index (Phi) is 1.97. The van der Waals surface area contributed by atoms with E-state index in [0.717, 1.165) is 12.5 Å². The highest BCUT2D eigenvalue weighted by Crippen LogP contribution is 2.24. The van der Waals surface area contributed by atoms with Gasteiger partial charge in [0.25, 0.3) is 0 Å². The van der Waals surface area contributed by atoms with Crippen LogP contribution in [0, 0.1) is 0 Å². The Bertz CT molecular complexity index is 163. The monoisotopic (exact) mass is 149 g/mol. The Morgan fingerprint density at radius 2 is 1.64 bits per heavy atom. The zero-order valence-corrected chi connectivity index (χ0v) is 6.87. The molecule has 0 aromatic heterocycles. The van der Waals surface area contributed by atoms with Crippen LogP contribution in [0.15, 0.2) is 24.6 Å². The molecule has 0 spiro atoms. The molecule has 1 aliphatic heterocycles. The lowest BCUT2D eigenvalue weighted by atomic mass is 10.2. The van der Waals surface area contributed by atoms with Crippen LogP contribution in [0.1, 0.15) is 32.1 Å². The highest BCUT2D eigenvalue weighted by Gasteiger charge is 2.18. The van der Waals surface area contributed by atoms with Crippen molar-refractivity contribution in [2.45, 2.75) is 38.1 Å². The standard InChI is InChI=1S/C10H15N/c1-4-8-11(9-5-1)10-6-2-3-7-10/h4-5,8-10H,1-3,6-7H2. The third-order valence-corrected chi connectivity index (χ3v) is 2.57. The second-order valence-electron chi connectivity index (χ2n) is 3.39. The first kappa shape index (κ1) is 6.96. The minimum atomic E-state index is 0.808. The molecule has 0 radical (unpaired) electrons. The lowest BCUT2D eigenvalue weighted by Gasteiger charge is -2.24. The average Bonchev–Trinajstić information content (AvgIpc) is 2.58. The predicted octanol–water partition coefficient (Wildman–Crippen LogP) is 2.66. The highest BCUT2D eigenvalue weighted by atomic mass is 15.1. The molecule has 2 rings (SSSR count). The van der Waals surface area contributed by atoms with Crippen LogP contribution in [-0.4, -0.2) is 10.9 Å². The Labute approximate surface area is 68.4 Å². The normalized spacial score (nSPS) is 24.9. The van der Waals surface area contributed by atoms with Crippen LogP contribution >= 0.6 is 0 Å². The van der Waals surface area contributed by atoms with E-state index in [2.05, 4.69) is 29.5 Å². The minimum absolute atomic E-state index is 0.808. The molecule has 60 valence electrons. The maximum atomic E-state index is 2.37. The van der Waals surface area contributed by atoms with Crippen LogP contribution in [0.3, 0.4) is 0 Å². The SMILES string of the molecule is C1=CN(C2CCCC2)C=CC1. The third kappa shape index (κ3) is 1.47. The van der Waals surface area contributed by atoms with Gasteiger partial charge in [-0.15, -0.1) is 0 Å². The molecule has 0 amide bonds. The zero-order chi connectivity index (χ0) is 7.52. The largest absolute Gasteiger partial charge is 0.352 e. The van der Waals surface area contributed by atoms with Crippen molar-refractivity contribution in [1.29, 1.82) is 0 Å². The van der Waals surface area contributed by atoms with Gasteiger partial charge in [-0.05, 0) is 19.3 Å². The van der Waals surface area contributed by atoms with Crippen molar-refractivity contribution in [3.05, 3.63) is 24.6 Å². The lowest BCUT2D eigenvalue weighted by molar-refractivity contribution is 0.366. The summed E-state index contributed by atoms with van der Waals surface area (Å²) in [6.07, 6.45) is 15.7. The molecule has 0 atom stereocenters. The van der Waals surface area contributed by atoms with Crippen LogP contribution in [0.2, 0.25) is 0 Å². The van der Waals surface area contributed by atoms with Gasteiger partial charge in [0.05, 0.1) is 0 Å². The van der Waals surface area contributed by atoms with Gasteiger partial charge in [-0.2, -0.15) is 0 Å². The van der Waals surface area contributed by atoms with Gasteiger partial charge >= 0.3 is 0 Å². The van der Waals surface area contributed by atoms with Gasteiger partial charge in [-0.1, -0.05) is 25.0 Å². The van der Waals surface area contributed by atoms with Gasteiger partial charge in [-0.25, -0.2) is 0 Å². The molecule has 0 bridgehead atoms. The predicted molar refractivity (Wildman–Crippen MR) is 47.0 cm³/mol. The smallest absolute Gasteiger partial charge is 0.0330 e. The van der Waals surface area contributed by atoms with Crippen molar-refractivity contribution >= 4 is 0 Å². The molecular formula is C10H15N. The van der Waals surface area contributed by atoms with Crippen molar-refractivity contribution in [3.63, 3.8) is 0 Å². The first-order valence-electron chi connectivity index (χ1n) is 4.57. The molecule has 0 aromatic rings. The fourth-order valence-corrected chi connectivity index (χ4v) is 1.94. The van der Waals surface area contributed by atoms with Crippen molar-refractivity contribution in [1.82, 2.24) is 4.90 Å². The number of allylic oxidation sites excluding steroid dienone is 2. The van der Waals surface area contributed by atoms with E-state index in [1.807, 2.05) is 0 Å². The lowest BCUT2D eigenvalue weighted by Crippen LogP contribution is -2.23. The molecule has 1 heteroatoms. The number of nitrogens with zero attached hydrogens (tertiary/aromatic N) is 1. The molecule has 1 heterocycles. The van der Waals surface area contributed by atoms with Gasteiger partial charge in [0.1, 0.15) is 0 Å². The summed E-state index contributed by atoms with van der Waals surface area (Å²) >= 11 is 0. The maximum absolute atomic E-state index is 2.37. The average molecular weight is 149 g/mol. The molecule has 0 N–H and O–H groups in total. The summed E-state index contributed by atoms with van der Waals surface area (Å²) in [6.45, 7) is 0. The van der Waals surface area contributed by atoms with Crippen LogP contribution in [0.4, 0.5) is 0 Å². The molecule has 0 saturated heterocycles. The number of rotatable bonds is 1. The van der Waals surface area contributed by atoms with Crippen molar-refractivity contribution in [3.8, 4) is 0 Å². The van der Waals surface area contributed by atoms with Gasteiger partial charge in [0.15, 0.2) is 0 Å². The van der Waals surface area contributed by atoms with Crippen LogP contribution in [0.5, 0.6) is 0 Å². The minimum Gasteiger partial charge on any atom is -0.352 e. The molecule has 1 nitrogen and oxygen atoms in total. The third-order valence-electron chi connectivity index (χ3n) is 2.57. The highest BCUT2D eigenvalue weighted by molar-refractivity contribution is 5.04. The Morgan fingerprint density at radius 3 is 2.27 bits per heavy atom. The molecule has 0 aromatic carbocycles. The fraction of sp³-hybridized carbons (Fsp3) is 0.600. The van der Waals surface area contributed by atoms with E-state index in [1.165, 1.54) is 25.7 Å². The first-order chi connectivity index (χ1) is 5.47. The Morgan fingerprint density at radius 1 is 1.00 bits per heavy atom. The Balaban J connectivity index is 1.97. The van der Waals surface area contributed by atoms with E-state index in [-0.39, 0.29) is 0 Å². The zero-order valence-electron chi connectivity index (χ0n) is 6.87. The Hall–Kier alpha value is -0.720. The topological polar surface area (TPSA) is 3.24 Å². The van der Waals surface area contributed by atoms with E-state index >= 15 is 0 Å². The summed E-state index contributed by atoms with van der Waals surface area (Å²) in [7, 11) is 0. The van der Waals surface area contributed by atoms with E-state index in [9.17, 15) is 0 Å². The second kappa shape index (κ2) is 3.12. The quantitative estimate of drug-likeness (QED) is 0.554. The molecular weight excluding hydrogens is 134 g/mol. The van der Waals surface area contributed by atoms with Gasteiger partial charge in [0.2, 0.25) is 0 Å². The van der Waals surface area contributed by atoms with E-state index < -0.39 is 0 Å².